The molecule has 1 amide bonds. The van der Waals surface area contributed by atoms with E-state index in [4.69, 9.17) is 13.9 Å². The van der Waals surface area contributed by atoms with Crippen molar-refractivity contribution in [2.75, 3.05) is 17.3 Å². The molecule has 0 fully saturated rings. The van der Waals surface area contributed by atoms with Crippen molar-refractivity contribution in [2.24, 2.45) is 0 Å². The monoisotopic (exact) mass is 485 g/mol. The number of carbonyl (C=O) groups excluding carboxylic acids is 2. The second-order valence-electron chi connectivity index (χ2n) is 7.41. The first-order valence-electron chi connectivity index (χ1n) is 10.2. The van der Waals surface area contributed by atoms with Crippen LogP contribution in [0.25, 0.3) is 0 Å². The first kappa shape index (κ1) is 23.2. The van der Waals surface area contributed by atoms with E-state index in [0.29, 0.717) is 17.2 Å². The van der Waals surface area contributed by atoms with E-state index < -0.39 is 34.4 Å². The van der Waals surface area contributed by atoms with Crippen molar-refractivity contribution in [1.29, 1.82) is 0 Å². The number of halogens is 1. The Kier molecular flexibility index (Phi) is 6.78. The average molecular weight is 485 g/mol. The number of para-hydroxylation sites is 1. The average Bonchev–Trinajstić information content (AvgIpc) is 3.44. The van der Waals surface area contributed by atoms with E-state index >= 15 is 0 Å². The minimum absolute atomic E-state index is 0.00210. The van der Waals surface area contributed by atoms with Crippen LogP contribution >= 0.6 is 0 Å². The van der Waals surface area contributed by atoms with Gasteiger partial charge in [0.15, 0.2) is 16.4 Å². The molecule has 0 bridgehead atoms. The molecular formula is C24H20FNO7S. The van der Waals surface area contributed by atoms with Gasteiger partial charge in [0.25, 0.3) is 5.91 Å². The molecule has 0 saturated heterocycles. The highest BCUT2D eigenvalue weighted by Crippen LogP contribution is 2.23. The highest BCUT2D eigenvalue weighted by molar-refractivity contribution is 7.94. The van der Waals surface area contributed by atoms with Crippen LogP contribution in [0.3, 0.4) is 0 Å². The number of carbonyl (C=O) groups is 2. The van der Waals surface area contributed by atoms with Crippen molar-refractivity contribution in [3.05, 3.63) is 95.6 Å². The molecule has 0 spiro atoms. The summed E-state index contributed by atoms with van der Waals surface area (Å²) in [4.78, 5) is 26.6. The number of esters is 1. The summed E-state index contributed by atoms with van der Waals surface area (Å²) in [6, 6.07) is 16.2. The Hall–Kier alpha value is -3.92. The maximum Gasteiger partial charge on any atom is 0.374 e. The molecule has 2 heterocycles. The van der Waals surface area contributed by atoms with Crippen LogP contribution in [0.2, 0.25) is 0 Å². The zero-order valence-corrected chi connectivity index (χ0v) is 18.6. The second kappa shape index (κ2) is 9.92. The molecule has 0 aliphatic carbocycles. The molecule has 3 aromatic rings. The van der Waals surface area contributed by atoms with Crippen molar-refractivity contribution < 1.29 is 36.3 Å². The predicted octanol–water partition coefficient (Wildman–Crippen LogP) is 3.50. The second-order valence-corrected chi connectivity index (χ2v) is 9.34. The lowest BCUT2D eigenvalue weighted by Crippen LogP contribution is -2.43. The Labute approximate surface area is 195 Å². The third kappa shape index (κ3) is 5.70. The number of sulfone groups is 1. The van der Waals surface area contributed by atoms with Gasteiger partial charge < -0.3 is 18.8 Å². The van der Waals surface area contributed by atoms with Crippen LogP contribution in [0, 0.1) is 5.82 Å². The summed E-state index contributed by atoms with van der Waals surface area (Å²) in [5, 5.41) is 1.07. The van der Waals surface area contributed by atoms with E-state index in [9.17, 15) is 22.4 Å². The standard InChI is InChI=1S/C24H20FNO7S/c25-17-6-8-20(9-7-17)31-14-21-10-11-22(33-21)24(28)32-15-23(27)26(18-4-2-1-3-5-18)19-12-13-34(29,30)16-19/h1-13,19H,14-16H2. The summed E-state index contributed by atoms with van der Waals surface area (Å²) in [6.45, 7) is -0.609. The molecule has 4 rings (SSSR count). The number of anilines is 1. The van der Waals surface area contributed by atoms with Crippen molar-refractivity contribution in [3.63, 3.8) is 0 Å². The fourth-order valence-corrected chi connectivity index (χ4v) is 4.62. The van der Waals surface area contributed by atoms with Crippen LogP contribution < -0.4 is 9.64 Å². The van der Waals surface area contributed by atoms with E-state index in [1.54, 1.807) is 30.3 Å². The van der Waals surface area contributed by atoms with Crippen molar-refractivity contribution in [3.8, 4) is 5.75 Å². The van der Waals surface area contributed by atoms with Crippen LogP contribution in [-0.2, 0) is 26.0 Å². The number of ether oxygens (including phenoxy) is 2. The molecule has 1 unspecified atom stereocenters. The lowest BCUT2D eigenvalue weighted by molar-refractivity contribution is -0.121. The molecule has 8 nitrogen and oxygen atoms in total. The van der Waals surface area contributed by atoms with Gasteiger partial charge in [-0.1, -0.05) is 18.2 Å². The SMILES string of the molecule is O=C(OCC(=O)N(c1ccccc1)C1C=CS(=O)(=O)C1)c1ccc(COc2ccc(F)cc2)o1. The molecular weight excluding hydrogens is 465 g/mol. The quantitative estimate of drug-likeness (QED) is 0.450. The van der Waals surface area contributed by atoms with Crippen molar-refractivity contribution >= 4 is 27.4 Å². The zero-order valence-electron chi connectivity index (χ0n) is 17.8. The van der Waals surface area contributed by atoms with Gasteiger partial charge in [0.05, 0.1) is 11.8 Å². The van der Waals surface area contributed by atoms with Gasteiger partial charge in [-0.2, -0.15) is 0 Å². The van der Waals surface area contributed by atoms with Gasteiger partial charge in [-0.3, -0.25) is 4.79 Å². The predicted molar refractivity (Wildman–Crippen MR) is 120 cm³/mol. The lowest BCUT2D eigenvalue weighted by Gasteiger charge is -2.27. The van der Waals surface area contributed by atoms with E-state index in [2.05, 4.69) is 0 Å². The number of hydrogen-bond donors (Lipinski definition) is 0. The normalized spacial score (nSPS) is 16.2. The minimum Gasteiger partial charge on any atom is -0.486 e. The summed E-state index contributed by atoms with van der Waals surface area (Å²) < 4.78 is 52.7. The molecule has 1 aliphatic heterocycles. The molecule has 1 aliphatic rings. The van der Waals surface area contributed by atoms with Crippen LogP contribution in [0.1, 0.15) is 16.3 Å². The molecule has 1 aromatic heterocycles. The van der Waals surface area contributed by atoms with E-state index in [-0.39, 0.29) is 23.9 Å². The van der Waals surface area contributed by atoms with Crippen LogP contribution in [0.5, 0.6) is 5.75 Å². The number of nitrogens with zero attached hydrogens (tertiary/aromatic N) is 1. The fraction of sp³-hybridized carbons (Fsp3) is 0.167. The van der Waals surface area contributed by atoms with Gasteiger partial charge in [-0.15, -0.1) is 0 Å². The molecule has 1 atom stereocenters. The molecule has 10 heteroatoms. The van der Waals surface area contributed by atoms with E-state index in [1.165, 1.54) is 47.4 Å². The Balaban J connectivity index is 1.37. The molecule has 0 N–H and O–H groups in total. The van der Waals surface area contributed by atoms with Gasteiger partial charge in [0, 0.05) is 11.1 Å². The first-order valence-corrected chi connectivity index (χ1v) is 11.9. The number of rotatable bonds is 8. The summed E-state index contributed by atoms with van der Waals surface area (Å²) in [5.41, 5.74) is 0.480. The van der Waals surface area contributed by atoms with Crippen LogP contribution in [0.4, 0.5) is 10.1 Å². The maximum absolute atomic E-state index is 13.0. The minimum atomic E-state index is -3.41. The van der Waals surface area contributed by atoms with Crippen molar-refractivity contribution in [2.45, 2.75) is 12.6 Å². The van der Waals surface area contributed by atoms with E-state index in [1.807, 2.05) is 0 Å². The highest BCUT2D eigenvalue weighted by atomic mass is 32.2. The third-order valence-electron chi connectivity index (χ3n) is 4.93. The topological polar surface area (TPSA) is 103 Å². The van der Waals surface area contributed by atoms with Gasteiger partial charge in [-0.25, -0.2) is 17.6 Å². The summed E-state index contributed by atoms with van der Waals surface area (Å²) in [6.07, 6.45) is 1.43. The number of hydrogen-bond acceptors (Lipinski definition) is 7. The lowest BCUT2D eigenvalue weighted by atomic mass is 10.2. The number of amides is 1. The fourth-order valence-electron chi connectivity index (χ4n) is 3.35. The van der Waals surface area contributed by atoms with Crippen molar-refractivity contribution in [1.82, 2.24) is 0 Å². The van der Waals surface area contributed by atoms with Gasteiger partial charge in [0.2, 0.25) is 5.76 Å². The Bertz CT molecular complexity index is 1300. The molecule has 0 radical (unpaired) electrons. The Morgan fingerprint density at radius 3 is 2.44 bits per heavy atom. The van der Waals surface area contributed by atoms with Gasteiger partial charge in [-0.05, 0) is 54.6 Å². The highest BCUT2D eigenvalue weighted by Gasteiger charge is 2.32. The number of benzene rings is 2. The maximum atomic E-state index is 13.0. The van der Waals surface area contributed by atoms with Gasteiger partial charge >= 0.3 is 5.97 Å². The Morgan fingerprint density at radius 1 is 1.03 bits per heavy atom. The smallest absolute Gasteiger partial charge is 0.374 e. The molecule has 34 heavy (non-hydrogen) atoms. The van der Waals surface area contributed by atoms with E-state index in [0.717, 1.165) is 5.41 Å². The molecule has 2 aromatic carbocycles. The molecule has 0 saturated carbocycles. The van der Waals surface area contributed by atoms with Gasteiger partial charge in [0.1, 0.15) is 23.9 Å². The first-order chi connectivity index (χ1) is 16.3. The zero-order chi connectivity index (χ0) is 24.1. The largest absolute Gasteiger partial charge is 0.486 e. The number of furan rings is 1. The summed E-state index contributed by atoms with van der Waals surface area (Å²) in [5.74, 6) is -1.45. The van der Waals surface area contributed by atoms with Crippen LogP contribution in [0.15, 0.2) is 82.6 Å². The third-order valence-corrected chi connectivity index (χ3v) is 6.31. The molecule has 176 valence electrons. The summed E-state index contributed by atoms with van der Waals surface area (Å²) in [7, 11) is -3.41. The Morgan fingerprint density at radius 2 is 1.76 bits per heavy atom. The summed E-state index contributed by atoms with van der Waals surface area (Å²) >= 11 is 0. The van der Waals surface area contributed by atoms with Crippen LogP contribution in [-0.4, -0.2) is 38.7 Å².